The van der Waals surface area contributed by atoms with Crippen LogP contribution in [0, 0.1) is 24.4 Å². The van der Waals surface area contributed by atoms with Gasteiger partial charge < -0.3 is 4.90 Å². The van der Waals surface area contributed by atoms with Crippen molar-refractivity contribution in [2.45, 2.75) is 11.8 Å². The van der Waals surface area contributed by atoms with Crippen molar-refractivity contribution in [2.24, 2.45) is 0 Å². The Morgan fingerprint density at radius 3 is 2.32 bits per heavy atom. The van der Waals surface area contributed by atoms with Gasteiger partial charge in [-0.15, -0.1) is 0 Å². The van der Waals surface area contributed by atoms with Gasteiger partial charge in [0.2, 0.25) is 10.0 Å². The highest BCUT2D eigenvalue weighted by Gasteiger charge is 2.31. The zero-order chi connectivity index (χ0) is 22.3. The fraction of sp³-hybridized carbons (Fsp3) is 0.238. The van der Waals surface area contributed by atoms with Gasteiger partial charge in [0.25, 0.3) is 5.91 Å². The average molecular weight is 449 g/mol. The lowest BCUT2D eigenvalue weighted by atomic mass is 10.1. The van der Waals surface area contributed by atoms with Crippen molar-refractivity contribution in [3.05, 3.63) is 71.2 Å². The summed E-state index contributed by atoms with van der Waals surface area (Å²) in [5.41, 5.74) is 1.28. The minimum absolute atomic E-state index is 0.00367. The van der Waals surface area contributed by atoms with Crippen LogP contribution in [0.25, 0.3) is 10.9 Å². The highest BCUT2D eigenvalue weighted by Crippen LogP contribution is 2.24. The molecule has 0 unspecified atom stereocenters. The number of aromatic nitrogens is 1. The third-order valence-electron chi connectivity index (χ3n) is 5.19. The quantitative estimate of drug-likeness (QED) is 0.616. The summed E-state index contributed by atoms with van der Waals surface area (Å²) in [6, 6.07) is 8.04. The molecule has 4 rings (SSSR count). The first-order chi connectivity index (χ1) is 14.7. The minimum Gasteiger partial charge on any atom is -0.336 e. The number of benzene rings is 2. The molecular formula is C21H18F3N3O3S. The molecule has 10 heteroatoms. The third kappa shape index (κ3) is 4.00. The lowest BCUT2D eigenvalue weighted by molar-refractivity contribution is 0.0699. The number of rotatable bonds is 3. The third-order valence-corrected chi connectivity index (χ3v) is 7.08. The maximum atomic E-state index is 13.6. The second kappa shape index (κ2) is 7.93. The molecule has 1 amide bonds. The number of hydrogen-bond acceptors (Lipinski definition) is 4. The molecule has 0 saturated carbocycles. The second-order valence-corrected chi connectivity index (χ2v) is 9.18. The molecule has 1 aliphatic heterocycles. The fourth-order valence-corrected chi connectivity index (χ4v) is 5.03. The van der Waals surface area contributed by atoms with E-state index in [1.54, 1.807) is 13.0 Å². The summed E-state index contributed by atoms with van der Waals surface area (Å²) in [7, 11) is -4.02. The van der Waals surface area contributed by atoms with Gasteiger partial charge in [-0.1, -0.05) is 0 Å². The predicted octanol–water partition coefficient (Wildman–Crippen LogP) is 3.11. The smallest absolute Gasteiger partial charge is 0.254 e. The number of pyridine rings is 1. The Labute approximate surface area is 177 Å². The molecule has 2 heterocycles. The molecule has 3 aromatic rings. The molecular weight excluding hydrogens is 431 g/mol. The maximum Gasteiger partial charge on any atom is 0.254 e. The first-order valence-corrected chi connectivity index (χ1v) is 10.9. The SMILES string of the molecule is Cc1cc(C(=O)N2CCN(S(=O)(=O)c3ccc(F)c(F)c3)CC2)c2ccc(F)cc2n1. The Kier molecular flexibility index (Phi) is 5.44. The van der Waals surface area contributed by atoms with E-state index >= 15 is 0 Å². The van der Waals surface area contributed by atoms with E-state index in [1.165, 1.54) is 23.1 Å². The first kappa shape index (κ1) is 21.3. The molecule has 0 bridgehead atoms. The van der Waals surface area contributed by atoms with E-state index in [9.17, 15) is 26.4 Å². The van der Waals surface area contributed by atoms with Gasteiger partial charge in [-0.3, -0.25) is 9.78 Å². The van der Waals surface area contributed by atoms with Crippen molar-refractivity contribution in [1.29, 1.82) is 0 Å². The molecule has 1 aromatic heterocycles. The van der Waals surface area contributed by atoms with Gasteiger partial charge in [-0.05, 0) is 43.3 Å². The molecule has 0 atom stereocenters. The van der Waals surface area contributed by atoms with Crippen molar-refractivity contribution in [3.8, 4) is 0 Å². The number of carbonyl (C=O) groups is 1. The molecule has 31 heavy (non-hydrogen) atoms. The lowest BCUT2D eigenvalue weighted by Gasteiger charge is -2.34. The molecule has 6 nitrogen and oxygen atoms in total. The van der Waals surface area contributed by atoms with Crippen LogP contribution in [0.2, 0.25) is 0 Å². The number of halogens is 3. The number of amides is 1. The predicted molar refractivity (Wildman–Crippen MR) is 107 cm³/mol. The van der Waals surface area contributed by atoms with Crippen molar-refractivity contribution in [3.63, 3.8) is 0 Å². The van der Waals surface area contributed by atoms with Crippen LogP contribution in [-0.4, -0.2) is 54.7 Å². The van der Waals surface area contributed by atoms with Gasteiger partial charge in [0.15, 0.2) is 11.6 Å². The molecule has 2 aromatic carbocycles. The molecule has 1 aliphatic rings. The largest absolute Gasteiger partial charge is 0.336 e. The monoisotopic (exact) mass is 449 g/mol. The van der Waals surface area contributed by atoms with Crippen molar-refractivity contribution < 1.29 is 26.4 Å². The average Bonchev–Trinajstić information content (AvgIpc) is 2.74. The summed E-state index contributed by atoms with van der Waals surface area (Å²) in [4.78, 5) is 18.5. The topological polar surface area (TPSA) is 70.6 Å². The van der Waals surface area contributed by atoms with Crippen LogP contribution in [-0.2, 0) is 10.0 Å². The van der Waals surface area contributed by atoms with E-state index in [-0.39, 0.29) is 37.0 Å². The Morgan fingerprint density at radius 2 is 1.65 bits per heavy atom. The van der Waals surface area contributed by atoms with E-state index in [1.807, 2.05) is 0 Å². The highest BCUT2D eigenvalue weighted by molar-refractivity contribution is 7.89. The number of carbonyl (C=O) groups excluding carboxylic acids is 1. The normalized spacial score (nSPS) is 15.4. The number of piperazine rings is 1. The van der Waals surface area contributed by atoms with Crippen molar-refractivity contribution >= 4 is 26.8 Å². The van der Waals surface area contributed by atoms with Gasteiger partial charge in [-0.2, -0.15) is 4.31 Å². The molecule has 0 aliphatic carbocycles. The van der Waals surface area contributed by atoms with Gasteiger partial charge in [0, 0.05) is 43.3 Å². The molecule has 0 radical (unpaired) electrons. The van der Waals surface area contributed by atoms with Crippen LogP contribution in [0.15, 0.2) is 47.4 Å². The minimum atomic E-state index is -4.02. The van der Waals surface area contributed by atoms with Crippen molar-refractivity contribution in [2.75, 3.05) is 26.2 Å². The van der Waals surface area contributed by atoms with Gasteiger partial charge in [0.1, 0.15) is 5.82 Å². The van der Waals surface area contributed by atoms with E-state index in [0.29, 0.717) is 28.2 Å². The standard InChI is InChI=1S/C21H18F3N3O3S/c1-13-10-17(16-4-2-14(22)11-20(16)25-13)21(28)26-6-8-27(9-7-26)31(29,30)15-3-5-18(23)19(24)12-15/h2-5,10-12H,6-9H2,1H3. The van der Waals surface area contributed by atoms with Crippen LogP contribution in [0.3, 0.4) is 0 Å². The van der Waals surface area contributed by atoms with Gasteiger partial charge >= 0.3 is 0 Å². The van der Waals surface area contributed by atoms with E-state index in [2.05, 4.69) is 4.98 Å². The number of aryl methyl sites for hydroxylation is 1. The fourth-order valence-electron chi connectivity index (χ4n) is 3.60. The van der Waals surface area contributed by atoms with Crippen LogP contribution in [0.4, 0.5) is 13.2 Å². The zero-order valence-corrected chi connectivity index (χ0v) is 17.3. The van der Waals surface area contributed by atoms with Gasteiger partial charge in [-0.25, -0.2) is 21.6 Å². The van der Waals surface area contributed by atoms with E-state index < -0.39 is 27.5 Å². The summed E-state index contributed by atoms with van der Waals surface area (Å²) in [6.07, 6.45) is 0. The van der Waals surface area contributed by atoms with Crippen LogP contribution < -0.4 is 0 Å². The molecule has 0 spiro atoms. The van der Waals surface area contributed by atoms with E-state index in [0.717, 1.165) is 16.4 Å². The second-order valence-electron chi connectivity index (χ2n) is 7.24. The Morgan fingerprint density at radius 1 is 0.935 bits per heavy atom. The Bertz CT molecular complexity index is 1280. The summed E-state index contributed by atoms with van der Waals surface area (Å²) < 4.78 is 66.8. The maximum absolute atomic E-state index is 13.6. The van der Waals surface area contributed by atoms with Gasteiger partial charge in [0.05, 0.1) is 16.0 Å². The van der Waals surface area contributed by atoms with Crippen LogP contribution >= 0.6 is 0 Å². The Hall–Kier alpha value is -2.98. The summed E-state index contributed by atoms with van der Waals surface area (Å²) >= 11 is 0. The first-order valence-electron chi connectivity index (χ1n) is 9.48. The molecule has 0 N–H and O–H groups in total. The summed E-state index contributed by atoms with van der Waals surface area (Å²) in [5.74, 6) is -3.15. The Balaban J connectivity index is 1.54. The summed E-state index contributed by atoms with van der Waals surface area (Å²) in [5, 5.41) is 0.508. The van der Waals surface area contributed by atoms with E-state index in [4.69, 9.17) is 0 Å². The molecule has 1 saturated heterocycles. The molecule has 1 fully saturated rings. The summed E-state index contributed by atoms with van der Waals surface area (Å²) in [6.45, 7) is 1.94. The number of hydrogen-bond donors (Lipinski definition) is 0. The van der Waals surface area contributed by atoms with Crippen LogP contribution in [0.1, 0.15) is 16.1 Å². The number of sulfonamides is 1. The number of nitrogens with zero attached hydrogens (tertiary/aromatic N) is 3. The van der Waals surface area contributed by atoms with Crippen LogP contribution in [0.5, 0.6) is 0 Å². The zero-order valence-electron chi connectivity index (χ0n) is 16.5. The molecule has 162 valence electrons. The number of fused-ring (bicyclic) bond motifs is 1. The highest BCUT2D eigenvalue weighted by atomic mass is 32.2. The lowest BCUT2D eigenvalue weighted by Crippen LogP contribution is -2.50. The van der Waals surface area contributed by atoms with Crippen molar-refractivity contribution in [1.82, 2.24) is 14.2 Å².